The van der Waals surface area contributed by atoms with Crippen molar-refractivity contribution in [1.82, 2.24) is 4.90 Å². The van der Waals surface area contributed by atoms with Gasteiger partial charge in [0, 0.05) is 25.9 Å². The van der Waals surface area contributed by atoms with E-state index >= 15 is 0 Å². The first-order valence-electron chi connectivity index (χ1n) is 6.73. The third-order valence-electron chi connectivity index (χ3n) is 4.14. The Kier molecular flexibility index (Phi) is 3.08. The number of aliphatic hydroxyl groups excluding tert-OH is 1. The van der Waals surface area contributed by atoms with Gasteiger partial charge in [-0.2, -0.15) is 0 Å². The minimum atomic E-state index is -0.984. The molecule has 6 heteroatoms. The number of carbonyl (C=O) groups is 2. The zero-order chi connectivity index (χ0) is 15.0. The number of likely N-dealkylation sites (tertiary alicyclic amines) is 1. The summed E-state index contributed by atoms with van der Waals surface area (Å²) in [5.74, 6) is 0.222. The Hall–Kier alpha value is -2.50. The highest BCUT2D eigenvalue weighted by molar-refractivity contribution is 6.12. The largest absolute Gasteiger partial charge is 0.515 e. The SMILES string of the molecule is O=C1/C(=C/O)C2(CCN(C(=O)O)CC2)Oc2ccccc21. The van der Waals surface area contributed by atoms with E-state index in [1.807, 2.05) is 0 Å². The summed E-state index contributed by atoms with van der Waals surface area (Å²) in [5.41, 5.74) is -0.318. The van der Waals surface area contributed by atoms with Crippen LogP contribution in [0.2, 0.25) is 0 Å². The fourth-order valence-corrected chi connectivity index (χ4v) is 2.97. The average molecular weight is 289 g/mol. The van der Waals surface area contributed by atoms with Crippen molar-refractivity contribution in [2.24, 2.45) is 0 Å². The van der Waals surface area contributed by atoms with E-state index in [2.05, 4.69) is 0 Å². The number of ketones is 1. The molecule has 1 aromatic carbocycles. The van der Waals surface area contributed by atoms with Crippen LogP contribution in [0.5, 0.6) is 5.75 Å². The van der Waals surface area contributed by atoms with Gasteiger partial charge in [-0.3, -0.25) is 4.79 Å². The van der Waals surface area contributed by atoms with E-state index in [1.54, 1.807) is 24.3 Å². The number of hydrogen-bond donors (Lipinski definition) is 2. The minimum Gasteiger partial charge on any atom is -0.515 e. The molecule has 0 aromatic heterocycles. The lowest BCUT2D eigenvalue weighted by molar-refractivity contribution is 0.0236. The number of fused-ring (bicyclic) bond motifs is 1. The van der Waals surface area contributed by atoms with Gasteiger partial charge < -0.3 is 19.8 Å². The summed E-state index contributed by atoms with van der Waals surface area (Å²) in [6, 6.07) is 6.88. The standard InChI is InChI=1S/C15H15NO5/c17-9-11-13(18)10-3-1-2-4-12(10)21-15(11)5-7-16(8-6-15)14(19)20/h1-4,9,17H,5-8H2,(H,19,20)/b11-9-. The number of piperidine rings is 1. The van der Waals surface area contributed by atoms with Gasteiger partial charge in [-0.1, -0.05) is 12.1 Å². The predicted octanol–water partition coefficient (Wildman–Crippen LogP) is 2.22. The van der Waals surface area contributed by atoms with Gasteiger partial charge >= 0.3 is 6.09 Å². The van der Waals surface area contributed by atoms with E-state index in [0.717, 1.165) is 6.26 Å². The molecule has 1 aromatic rings. The number of ether oxygens (including phenoxy) is 1. The number of hydrogen-bond acceptors (Lipinski definition) is 4. The highest BCUT2D eigenvalue weighted by Crippen LogP contribution is 2.42. The number of carbonyl (C=O) groups excluding carboxylic acids is 1. The Balaban J connectivity index is 1.97. The van der Waals surface area contributed by atoms with Crippen LogP contribution in [0, 0.1) is 0 Å². The van der Waals surface area contributed by atoms with Crippen LogP contribution in [0.3, 0.4) is 0 Å². The third-order valence-corrected chi connectivity index (χ3v) is 4.14. The van der Waals surface area contributed by atoms with Crippen LogP contribution in [0.4, 0.5) is 4.79 Å². The van der Waals surface area contributed by atoms with E-state index in [9.17, 15) is 14.7 Å². The number of amides is 1. The Morgan fingerprint density at radius 2 is 1.95 bits per heavy atom. The number of rotatable bonds is 0. The average Bonchev–Trinajstić information content (AvgIpc) is 2.48. The van der Waals surface area contributed by atoms with E-state index in [4.69, 9.17) is 9.84 Å². The van der Waals surface area contributed by atoms with Gasteiger partial charge in [-0.25, -0.2) is 4.79 Å². The van der Waals surface area contributed by atoms with Crippen molar-refractivity contribution in [2.75, 3.05) is 13.1 Å². The maximum absolute atomic E-state index is 12.5. The highest BCUT2D eigenvalue weighted by Gasteiger charge is 2.48. The Morgan fingerprint density at radius 3 is 2.57 bits per heavy atom. The normalized spacial score (nSPS) is 22.0. The van der Waals surface area contributed by atoms with E-state index < -0.39 is 11.7 Å². The van der Waals surface area contributed by atoms with Gasteiger partial charge in [0.15, 0.2) is 5.78 Å². The van der Waals surface area contributed by atoms with Crippen LogP contribution in [0.25, 0.3) is 0 Å². The van der Waals surface area contributed by atoms with Gasteiger partial charge in [-0.15, -0.1) is 0 Å². The monoisotopic (exact) mass is 289 g/mol. The maximum Gasteiger partial charge on any atom is 0.407 e. The Morgan fingerprint density at radius 1 is 1.29 bits per heavy atom. The van der Waals surface area contributed by atoms with Crippen LogP contribution in [-0.2, 0) is 0 Å². The molecule has 1 amide bonds. The molecule has 0 radical (unpaired) electrons. The fraction of sp³-hybridized carbons (Fsp3) is 0.333. The number of nitrogens with zero attached hydrogens (tertiary/aromatic N) is 1. The Labute approximate surface area is 121 Å². The van der Waals surface area contributed by atoms with Crippen molar-refractivity contribution in [1.29, 1.82) is 0 Å². The highest BCUT2D eigenvalue weighted by atomic mass is 16.5. The molecule has 1 spiro atoms. The molecule has 0 bridgehead atoms. The van der Waals surface area contributed by atoms with Gasteiger partial charge in [-0.05, 0) is 12.1 Å². The second-order valence-corrected chi connectivity index (χ2v) is 5.23. The summed E-state index contributed by atoms with van der Waals surface area (Å²) in [5, 5.41) is 18.5. The van der Waals surface area contributed by atoms with Crippen molar-refractivity contribution < 1.29 is 24.5 Å². The van der Waals surface area contributed by atoms with Crippen LogP contribution in [-0.4, -0.2) is 45.7 Å². The van der Waals surface area contributed by atoms with Crippen LogP contribution in [0.15, 0.2) is 36.1 Å². The number of Topliss-reactive ketones (excluding diaryl/α,β-unsaturated/α-hetero) is 1. The van der Waals surface area contributed by atoms with Crippen LogP contribution < -0.4 is 4.74 Å². The molecule has 0 unspecified atom stereocenters. The minimum absolute atomic E-state index is 0.200. The summed E-state index contributed by atoms with van der Waals surface area (Å²) in [7, 11) is 0. The molecule has 110 valence electrons. The lowest BCUT2D eigenvalue weighted by Gasteiger charge is -2.44. The molecule has 0 saturated carbocycles. The lowest BCUT2D eigenvalue weighted by atomic mass is 9.78. The fourth-order valence-electron chi connectivity index (χ4n) is 2.97. The van der Waals surface area contributed by atoms with Crippen LogP contribution >= 0.6 is 0 Å². The maximum atomic E-state index is 12.5. The number of carboxylic acid groups (broad SMARTS) is 1. The van der Waals surface area contributed by atoms with Crippen molar-refractivity contribution in [3.8, 4) is 5.75 Å². The van der Waals surface area contributed by atoms with Crippen molar-refractivity contribution in [3.63, 3.8) is 0 Å². The summed E-state index contributed by atoms with van der Waals surface area (Å²) in [6.07, 6.45) is 0.494. The van der Waals surface area contributed by atoms with Gasteiger partial charge in [0.1, 0.15) is 11.4 Å². The number of benzene rings is 1. The van der Waals surface area contributed by atoms with Gasteiger partial charge in [0.25, 0.3) is 0 Å². The Bertz CT molecular complexity index is 629. The number of aliphatic hydroxyl groups is 1. The molecular formula is C15H15NO5. The summed E-state index contributed by atoms with van der Waals surface area (Å²) in [4.78, 5) is 24.8. The molecule has 0 atom stereocenters. The van der Waals surface area contributed by atoms with E-state index in [-0.39, 0.29) is 24.4 Å². The second-order valence-electron chi connectivity index (χ2n) is 5.23. The molecule has 2 N–H and O–H groups in total. The molecule has 2 aliphatic heterocycles. The molecule has 21 heavy (non-hydrogen) atoms. The molecule has 1 saturated heterocycles. The zero-order valence-electron chi connectivity index (χ0n) is 11.3. The van der Waals surface area contributed by atoms with Crippen molar-refractivity contribution in [3.05, 3.63) is 41.7 Å². The molecule has 3 rings (SSSR count). The molecule has 1 fully saturated rings. The molecular weight excluding hydrogens is 274 g/mol. The van der Waals surface area contributed by atoms with Crippen molar-refractivity contribution in [2.45, 2.75) is 18.4 Å². The first-order valence-corrected chi connectivity index (χ1v) is 6.73. The summed E-state index contributed by atoms with van der Waals surface area (Å²) < 4.78 is 5.99. The molecule has 6 nitrogen and oxygen atoms in total. The lowest BCUT2D eigenvalue weighted by Crippen LogP contribution is -2.53. The first-order chi connectivity index (χ1) is 10.1. The molecule has 2 heterocycles. The quantitative estimate of drug-likeness (QED) is 0.565. The van der Waals surface area contributed by atoms with Crippen molar-refractivity contribution >= 4 is 11.9 Å². The molecule has 2 aliphatic rings. The smallest absolute Gasteiger partial charge is 0.407 e. The molecule has 0 aliphatic carbocycles. The number of para-hydroxylation sites is 1. The first kappa shape index (κ1) is 13.5. The van der Waals surface area contributed by atoms with E-state index in [0.29, 0.717) is 24.2 Å². The van der Waals surface area contributed by atoms with Gasteiger partial charge in [0.05, 0.1) is 17.4 Å². The van der Waals surface area contributed by atoms with Gasteiger partial charge in [0.2, 0.25) is 0 Å². The third kappa shape index (κ3) is 2.03. The predicted molar refractivity (Wildman–Crippen MR) is 73.7 cm³/mol. The second kappa shape index (κ2) is 4.80. The zero-order valence-corrected chi connectivity index (χ0v) is 11.3. The van der Waals surface area contributed by atoms with Crippen LogP contribution in [0.1, 0.15) is 23.2 Å². The summed E-state index contributed by atoms with van der Waals surface area (Å²) in [6.45, 7) is 0.532. The van der Waals surface area contributed by atoms with E-state index in [1.165, 1.54) is 4.90 Å². The summed E-state index contributed by atoms with van der Waals surface area (Å²) >= 11 is 0. The topological polar surface area (TPSA) is 87.1 Å².